The Morgan fingerprint density at radius 2 is 1.90 bits per heavy atom. The minimum atomic E-state index is -0.922. The third-order valence-corrected chi connectivity index (χ3v) is 4.85. The molecule has 0 spiro atoms. The van der Waals surface area contributed by atoms with Crippen molar-refractivity contribution < 1.29 is 24.2 Å². The van der Waals surface area contributed by atoms with E-state index in [9.17, 15) is 9.59 Å². The standard InChI is InChI=1S/C21H25N5O5/c1-13-20(23-21(29)16-10-22-25(12-16)8-7-19(27)28)14(2)26(24-13)11-15-5-6-17(30-3)18(9-15)31-4/h5-6,9-10,12H,7-8,11H2,1-4H3,(H,23,29)(H,27,28). The molecule has 0 aliphatic rings. The molecule has 2 aromatic heterocycles. The van der Waals surface area contributed by atoms with Gasteiger partial charge in [0.2, 0.25) is 0 Å². The smallest absolute Gasteiger partial charge is 0.305 e. The first-order chi connectivity index (χ1) is 14.8. The van der Waals surface area contributed by atoms with Crippen LogP contribution in [-0.2, 0) is 17.9 Å². The second kappa shape index (κ2) is 9.33. The Bertz CT molecular complexity index is 1100. The first kappa shape index (κ1) is 21.9. The number of aromatic nitrogens is 4. The SMILES string of the molecule is COc1ccc(Cn2nc(C)c(NC(=O)c3cnn(CCC(=O)O)c3)c2C)cc1OC. The second-order valence-corrected chi connectivity index (χ2v) is 6.98. The van der Waals surface area contributed by atoms with Gasteiger partial charge >= 0.3 is 5.97 Å². The Morgan fingerprint density at radius 3 is 2.58 bits per heavy atom. The molecule has 0 fully saturated rings. The van der Waals surface area contributed by atoms with Gasteiger partial charge in [0, 0.05) is 6.20 Å². The van der Waals surface area contributed by atoms with Crippen LogP contribution in [0.4, 0.5) is 5.69 Å². The van der Waals surface area contributed by atoms with Crippen LogP contribution in [0.5, 0.6) is 11.5 Å². The molecule has 0 bridgehead atoms. The summed E-state index contributed by atoms with van der Waals surface area (Å²) in [5.41, 5.74) is 3.44. The molecule has 0 atom stereocenters. The Balaban J connectivity index is 1.74. The zero-order chi connectivity index (χ0) is 22.5. The van der Waals surface area contributed by atoms with Gasteiger partial charge in [0.25, 0.3) is 5.91 Å². The lowest BCUT2D eigenvalue weighted by Crippen LogP contribution is -2.13. The lowest BCUT2D eigenvalue weighted by molar-refractivity contribution is -0.137. The number of nitrogens with zero attached hydrogens (tertiary/aromatic N) is 4. The van der Waals surface area contributed by atoms with E-state index in [1.54, 1.807) is 14.2 Å². The number of aliphatic carboxylic acids is 1. The number of methoxy groups -OCH3 is 2. The van der Waals surface area contributed by atoms with Crippen molar-refractivity contribution in [2.75, 3.05) is 19.5 Å². The third-order valence-electron chi connectivity index (χ3n) is 4.85. The summed E-state index contributed by atoms with van der Waals surface area (Å²) in [4.78, 5) is 23.3. The Kier molecular flexibility index (Phi) is 6.58. The largest absolute Gasteiger partial charge is 0.493 e. The van der Waals surface area contributed by atoms with E-state index in [0.717, 1.165) is 11.3 Å². The van der Waals surface area contributed by atoms with Crippen LogP contribution in [0.2, 0.25) is 0 Å². The zero-order valence-electron chi connectivity index (χ0n) is 17.9. The number of amides is 1. The topological polar surface area (TPSA) is 120 Å². The van der Waals surface area contributed by atoms with Crippen molar-refractivity contribution >= 4 is 17.6 Å². The highest BCUT2D eigenvalue weighted by atomic mass is 16.5. The summed E-state index contributed by atoms with van der Waals surface area (Å²) < 4.78 is 13.9. The highest BCUT2D eigenvalue weighted by molar-refractivity contribution is 6.04. The molecule has 0 saturated carbocycles. The summed E-state index contributed by atoms with van der Waals surface area (Å²) in [5.74, 6) is 0.0273. The van der Waals surface area contributed by atoms with Crippen LogP contribution in [-0.4, -0.2) is 50.8 Å². The summed E-state index contributed by atoms with van der Waals surface area (Å²) in [7, 11) is 3.17. The molecule has 3 aromatic rings. The molecule has 0 radical (unpaired) electrons. The number of rotatable bonds is 9. The fourth-order valence-electron chi connectivity index (χ4n) is 3.18. The van der Waals surface area contributed by atoms with Gasteiger partial charge in [-0.15, -0.1) is 0 Å². The van der Waals surface area contributed by atoms with Crippen LogP contribution in [0.15, 0.2) is 30.6 Å². The predicted octanol–water partition coefficient (Wildman–Crippen LogP) is 2.49. The van der Waals surface area contributed by atoms with Crippen molar-refractivity contribution in [3.05, 3.63) is 53.1 Å². The number of carboxylic acid groups (broad SMARTS) is 1. The Hall–Kier alpha value is -3.82. The maximum Gasteiger partial charge on any atom is 0.305 e. The molecule has 164 valence electrons. The number of anilines is 1. The van der Waals surface area contributed by atoms with E-state index in [2.05, 4.69) is 15.5 Å². The second-order valence-electron chi connectivity index (χ2n) is 6.98. The van der Waals surface area contributed by atoms with Crippen molar-refractivity contribution in [3.8, 4) is 11.5 Å². The number of ether oxygens (including phenoxy) is 2. The van der Waals surface area contributed by atoms with Gasteiger partial charge in [0.05, 0.1) is 62.6 Å². The van der Waals surface area contributed by atoms with E-state index in [1.807, 2.05) is 36.7 Å². The number of hydrogen-bond donors (Lipinski definition) is 2. The van der Waals surface area contributed by atoms with Gasteiger partial charge < -0.3 is 19.9 Å². The van der Waals surface area contributed by atoms with Crippen LogP contribution in [0.1, 0.15) is 33.7 Å². The predicted molar refractivity (Wildman–Crippen MR) is 113 cm³/mol. The van der Waals surface area contributed by atoms with Crippen LogP contribution in [0.3, 0.4) is 0 Å². The van der Waals surface area contributed by atoms with Crippen molar-refractivity contribution in [2.45, 2.75) is 33.4 Å². The number of carboxylic acids is 1. The number of carbonyl (C=O) groups is 2. The maximum atomic E-state index is 12.6. The fourth-order valence-corrected chi connectivity index (χ4v) is 3.18. The fraction of sp³-hybridized carbons (Fsp3) is 0.333. The Morgan fingerprint density at radius 1 is 1.16 bits per heavy atom. The molecular formula is C21H25N5O5. The number of aryl methyl sites for hydroxylation is 2. The third kappa shape index (κ3) is 5.03. The van der Waals surface area contributed by atoms with Gasteiger partial charge in [0.15, 0.2) is 11.5 Å². The molecule has 3 rings (SSSR count). The summed E-state index contributed by atoms with van der Waals surface area (Å²) >= 11 is 0. The monoisotopic (exact) mass is 427 g/mol. The van der Waals surface area contributed by atoms with Crippen molar-refractivity contribution in [3.63, 3.8) is 0 Å². The van der Waals surface area contributed by atoms with Crippen LogP contribution >= 0.6 is 0 Å². The summed E-state index contributed by atoms with van der Waals surface area (Å²) in [6.07, 6.45) is 2.87. The molecule has 2 N–H and O–H groups in total. The molecule has 0 aliphatic carbocycles. The zero-order valence-corrected chi connectivity index (χ0v) is 17.9. The highest BCUT2D eigenvalue weighted by Gasteiger charge is 2.17. The number of hydrogen-bond acceptors (Lipinski definition) is 6. The van der Waals surface area contributed by atoms with E-state index >= 15 is 0 Å². The van der Waals surface area contributed by atoms with E-state index in [-0.39, 0.29) is 18.9 Å². The number of benzene rings is 1. The van der Waals surface area contributed by atoms with E-state index in [0.29, 0.717) is 35.0 Å². The van der Waals surface area contributed by atoms with Gasteiger partial charge in [-0.2, -0.15) is 10.2 Å². The summed E-state index contributed by atoms with van der Waals surface area (Å²) in [5, 5.41) is 20.2. The number of carbonyl (C=O) groups excluding carboxylic acids is 1. The molecule has 1 amide bonds. The molecule has 0 unspecified atom stereocenters. The molecule has 10 nitrogen and oxygen atoms in total. The molecule has 0 aliphatic heterocycles. The number of nitrogens with one attached hydrogen (secondary N) is 1. The van der Waals surface area contributed by atoms with Gasteiger partial charge in [-0.1, -0.05) is 6.07 Å². The average molecular weight is 427 g/mol. The summed E-state index contributed by atoms with van der Waals surface area (Å²) in [6.45, 7) is 4.40. The summed E-state index contributed by atoms with van der Waals surface area (Å²) in [6, 6.07) is 5.66. The van der Waals surface area contributed by atoms with E-state index in [4.69, 9.17) is 14.6 Å². The van der Waals surface area contributed by atoms with Crippen LogP contribution < -0.4 is 14.8 Å². The van der Waals surface area contributed by atoms with Gasteiger partial charge in [0.1, 0.15) is 0 Å². The molecule has 2 heterocycles. The average Bonchev–Trinajstić information content (AvgIpc) is 3.32. The quantitative estimate of drug-likeness (QED) is 0.538. The van der Waals surface area contributed by atoms with Crippen molar-refractivity contribution in [1.29, 1.82) is 0 Å². The molecule has 1 aromatic carbocycles. The molecule has 10 heteroatoms. The minimum absolute atomic E-state index is 0.0656. The van der Waals surface area contributed by atoms with Gasteiger partial charge in [-0.25, -0.2) is 0 Å². The Labute approximate surface area is 179 Å². The normalized spacial score (nSPS) is 10.7. The maximum absolute atomic E-state index is 12.6. The molecule has 31 heavy (non-hydrogen) atoms. The van der Waals surface area contributed by atoms with Crippen molar-refractivity contribution in [2.24, 2.45) is 0 Å². The van der Waals surface area contributed by atoms with Gasteiger partial charge in [-0.3, -0.25) is 19.0 Å². The van der Waals surface area contributed by atoms with Crippen molar-refractivity contribution in [1.82, 2.24) is 19.6 Å². The van der Waals surface area contributed by atoms with E-state index in [1.165, 1.54) is 17.1 Å². The molecular weight excluding hydrogens is 402 g/mol. The lowest BCUT2D eigenvalue weighted by Gasteiger charge is -2.11. The molecule has 0 saturated heterocycles. The minimum Gasteiger partial charge on any atom is -0.493 e. The van der Waals surface area contributed by atoms with Gasteiger partial charge in [-0.05, 0) is 31.5 Å². The van der Waals surface area contributed by atoms with Crippen LogP contribution in [0, 0.1) is 13.8 Å². The first-order valence-corrected chi connectivity index (χ1v) is 9.63. The first-order valence-electron chi connectivity index (χ1n) is 9.63. The van der Waals surface area contributed by atoms with E-state index < -0.39 is 5.97 Å². The van der Waals surface area contributed by atoms with Crippen LogP contribution in [0.25, 0.3) is 0 Å². The lowest BCUT2D eigenvalue weighted by atomic mass is 10.2. The highest BCUT2D eigenvalue weighted by Crippen LogP contribution is 2.28.